The van der Waals surface area contributed by atoms with Crippen LogP contribution in [0.3, 0.4) is 0 Å². The van der Waals surface area contributed by atoms with E-state index in [9.17, 15) is 9.50 Å². The fraction of sp³-hybridized carbons (Fsp3) is 0.294. The smallest absolute Gasteiger partial charge is 0.142 e. The van der Waals surface area contributed by atoms with Crippen LogP contribution in [0, 0.1) is 5.82 Å². The van der Waals surface area contributed by atoms with Gasteiger partial charge in [0.25, 0.3) is 0 Å². The van der Waals surface area contributed by atoms with Crippen LogP contribution >= 0.6 is 11.6 Å². The summed E-state index contributed by atoms with van der Waals surface area (Å²) in [4.78, 5) is 0. The van der Waals surface area contributed by atoms with Crippen LogP contribution in [0.15, 0.2) is 48.5 Å². The van der Waals surface area contributed by atoms with Crippen molar-refractivity contribution in [2.24, 2.45) is 0 Å². The van der Waals surface area contributed by atoms with E-state index in [2.05, 4.69) is 0 Å². The second-order valence-corrected chi connectivity index (χ2v) is 5.83. The molecule has 1 nitrogen and oxygen atoms in total. The third-order valence-corrected chi connectivity index (χ3v) is 4.64. The molecular formula is C17H16ClFO. The van der Waals surface area contributed by atoms with Crippen LogP contribution in [0.25, 0.3) is 0 Å². The number of aliphatic hydroxyl groups is 1. The summed E-state index contributed by atoms with van der Waals surface area (Å²) >= 11 is 5.97. The van der Waals surface area contributed by atoms with E-state index in [1.54, 1.807) is 12.1 Å². The van der Waals surface area contributed by atoms with Crippen LogP contribution in [-0.2, 0) is 11.8 Å². The van der Waals surface area contributed by atoms with Crippen LogP contribution in [-0.4, -0.2) is 11.2 Å². The van der Waals surface area contributed by atoms with Gasteiger partial charge >= 0.3 is 0 Å². The molecule has 1 saturated carbocycles. The summed E-state index contributed by atoms with van der Waals surface area (Å²) in [6.07, 6.45) is 1.77. The zero-order chi connectivity index (χ0) is 14.2. The Balaban J connectivity index is 1.83. The predicted molar refractivity (Wildman–Crippen MR) is 78.5 cm³/mol. The van der Waals surface area contributed by atoms with E-state index in [1.165, 1.54) is 6.07 Å². The second-order valence-electron chi connectivity index (χ2n) is 5.46. The molecule has 0 amide bonds. The highest BCUT2D eigenvalue weighted by atomic mass is 35.5. The molecule has 1 atom stereocenters. The first-order valence-corrected chi connectivity index (χ1v) is 7.18. The minimum absolute atomic E-state index is 0.121. The number of hydrogen-bond acceptors (Lipinski definition) is 1. The predicted octanol–water partition coefficient (Wildman–Crippen LogP) is 4.11. The minimum Gasteiger partial charge on any atom is -0.392 e. The lowest BCUT2D eigenvalue weighted by atomic mass is 9.86. The fourth-order valence-corrected chi connectivity index (χ4v) is 3.03. The Bertz CT molecular complexity index is 608. The first-order valence-electron chi connectivity index (χ1n) is 6.80. The van der Waals surface area contributed by atoms with E-state index in [0.29, 0.717) is 12.0 Å². The van der Waals surface area contributed by atoms with Crippen molar-refractivity contribution in [1.82, 2.24) is 0 Å². The van der Waals surface area contributed by atoms with Crippen molar-refractivity contribution in [3.8, 4) is 0 Å². The van der Waals surface area contributed by atoms with Crippen LogP contribution in [0.4, 0.5) is 4.39 Å². The summed E-state index contributed by atoms with van der Waals surface area (Å²) in [6, 6.07) is 14.8. The summed E-state index contributed by atoms with van der Waals surface area (Å²) in [6.45, 7) is 0. The maximum Gasteiger partial charge on any atom is 0.142 e. The van der Waals surface area contributed by atoms with E-state index in [0.717, 1.165) is 18.4 Å². The van der Waals surface area contributed by atoms with Crippen molar-refractivity contribution in [2.75, 3.05) is 0 Å². The zero-order valence-electron chi connectivity index (χ0n) is 11.0. The third-order valence-electron chi connectivity index (χ3n) is 4.22. The van der Waals surface area contributed by atoms with Crippen LogP contribution in [0.5, 0.6) is 0 Å². The molecule has 3 rings (SSSR count). The molecule has 1 fully saturated rings. The quantitative estimate of drug-likeness (QED) is 0.898. The van der Waals surface area contributed by atoms with Gasteiger partial charge in [-0.2, -0.15) is 0 Å². The van der Waals surface area contributed by atoms with E-state index in [4.69, 9.17) is 11.6 Å². The highest BCUT2D eigenvalue weighted by Crippen LogP contribution is 2.51. The topological polar surface area (TPSA) is 20.2 Å². The van der Waals surface area contributed by atoms with Gasteiger partial charge in [-0.15, -0.1) is 0 Å². The molecule has 0 spiro atoms. The van der Waals surface area contributed by atoms with Crippen LogP contribution < -0.4 is 0 Å². The first kappa shape index (κ1) is 13.6. The zero-order valence-corrected chi connectivity index (χ0v) is 11.8. The Morgan fingerprint density at radius 2 is 1.80 bits per heavy atom. The molecule has 0 aliphatic heterocycles. The number of halogens is 2. The first-order chi connectivity index (χ1) is 9.63. The molecular weight excluding hydrogens is 275 g/mol. The summed E-state index contributed by atoms with van der Waals surface area (Å²) < 4.78 is 13.5. The van der Waals surface area contributed by atoms with Gasteiger partial charge in [0.15, 0.2) is 0 Å². The molecule has 0 bridgehead atoms. The Kier molecular flexibility index (Phi) is 3.53. The highest BCUT2D eigenvalue weighted by molar-refractivity contribution is 6.31. The maximum absolute atomic E-state index is 13.5. The standard InChI is InChI=1S/C17H16ClFO/c18-16-12(5-4-8-14(16)19)11-15(20)17(9-10-17)13-6-2-1-3-7-13/h1-8,15,20H,9-11H2. The molecule has 1 N–H and O–H groups in total. The van der Waals surface area contributed by atoms with E-state index in [-0.39, 0.29) is 10.4 Å². The van der Waals surface area contributed by atoms with Crippen molar-refractivity contribution in [2.45, 2.75) is 30.8 Å². The van der Waals surface area contributed by atoms with Gasteiger partial charge in [0, 0.05) is 11.8 Å². The molecule has 2 aromatic rings. The lowest BCUT2D eigenvalue weighted by molar-refractivity contribution is 0.131. The van der Waals surface area contributed by atoms with Gasteiger partial charge < -0.3 is 5.11 Å². The molecule has 1 aliphatic carbocycles. The monoisotopic (exact) mass is 290 g/mol. The van der Waals surface area contributed by atoms with Crippen LogP contribution in [0.2, 0.25) is 5.02 Å². The van der Waals surface area contributed by atoms with Gasteiger partial charge in [-0.3, -0.25) is 0 Å². The molecule has 2 aromatic carbocycles. The maximum atomic E-state index is 13.5. The number of aliphatic hydroxyl groups excluding tert-OH is 1. The molecule has 1 unspecified atom stereocenters. The highest BCUT2D eigenvalue weighted by Gasteiger charge is 2.50. The fourth-order valence-electron chi connectivity index (χ4n) is 2.83. The average molecular weight is 291 g/mol. The van der Waals surface area contributed by atoms with Crippen molar-refractivity contribution >= 4 is 11.6 Å². The van der Waals surface area contributed by atoms with Gasteiger partial charge in [-0.1, -0.05) is 54.1 Å². The van der Waals surface area contributed by atoms with E-state index < -0.39 is 11.9 Å². The molecule has 20 heavy (non-hydrogen) atoms. The lowest BCUT2D eigenvalue weighted by Crippen LogP contribution is -2.28. The van der Waals surface area contributed by atoms with Gasteiger partial charge in [0.1, 0.15) is 5.82 Å². The number of hydrogen-bond donors (Lipinski definition) is 1. The van der Waals surface area contributed by atoms with Crippen molar-refractivity contribution < 1.29 is 9.50 Å². The summed E-state index contributed by atoms with van der Waals surface area (Å²) in [5.74, 6) is -0.430. The Labute approximate surface area is 123 Å². The largest absolute Gasteiger partial charge is 0.392 e. The molecule has 0 heterocycles. The Morgan fingerprint density at radius 1 is 1.10 bits per heavy atom. The van der Waals surface area contributed by atoms with Crippen molar-refractivity contribution in [3.63, 3.8) is 0 Å². The molecule has 3 heteroatoms. The average Bonchev–Trinajstić information content (AvgIpc) is 3.26. The normalized spacial score (nSPS) is 17.8. The van der Waals surface area contributed by atoms with Gasteiger partial charge in [-0.25, -0.2) is 4.39 Å². The summed E-state index contributed by atoms with van der Waals surface area (Å²) in [7, 11) is 0. The third kappa shape index (κ3) is 2.34. The summed E-state index contributed by atoms with van der Waals surface area (Å²) in [5, 5.41) is 10.7. The summed E-state index contributed by atoms with van der Waals surface area (Å²) in [5.41, 5.74) is 1.64. The lowest BCUT2D eigenvalue weighted by Gasteiger charge is -2.23. The van der Waals surface area contributed by atoms with E-state index in [1.807, 2.05) is 30.3 Å². The SMILES string of the molecule is OC(Cc1cccc(F)c1Cl)C1(c2ccccc2)CC1. The van der Waals surface area contributed by atoms with Crippen LogP contribution in [0.1, 0.15) is 24.0 Å². The van der Waals surface area contributed by atoms with Crippen molar-refractivity contribution in [1.29, 1.82) is 0 Å². The van der Waals surface area contributed by atoms with Gasteiger partial charge in [0.2, 0.25) is 0 Å². The second kappa shape index (κ2) is 5.19. The molecule has 0 saturated heterocycles. The number of rotatable bonds is 4. The van der Waals surface area contributed by atoms with E-state index >= 15 is 0 Å². The minimum atomic E-state index is -0.538. The number of benzene rings is 2. The van der Waals surface area contributed by atoms with Gasteiger partial charge in [0.05, 0.1) is 11.1 Å². The Hall–Kier alpha value is -1.38. The molecule has 0 radical (unpaired) electrons. The molecule has 104 valence electrons. The Morgan fingerprint density at radius 3 is 2.45 bits per heavy atom. The molecule has 1 aliphatic rings. The molecule has 0 aromatic heterocycles. The van der Waals surface area contributed by atoms with Gasteiger partial charge in [-0.05, 0) is 30.0 Å². The van der Waals surface area contributed by atoms with Crippen molar-refractivity contribution in [3.05, 3.63) is 70.5 Å².